The van der Waals surface area contributed by atoms with Crippen molar-refractivity contribution in [2.45, 2.75) is 57.9 Å². The lowest BCUT2D eigenvalue weighted by Crippen LogP contribution is -2.39. The molecule has 178 valence electrons. The third-order valence-electron chi connectivity index (χ3n) is 6.40. The maximum Gasteiger partial charge on any atom is 0.316 e. The molecular formula is C25H34N4O4. The highest BCUT2D eigenvalue weighted by Crippen LogP contribution is 2.35. The van der Waals surface area contributed by atoms with Gasteiger partial charge in [-0.3, -0.25) is 4.79 Å². The third kappa shape index (κ3) is 6.35. The van der Waals surface area contributed by atoms with Gasteiger partial charge >= 0.3 is 12.0 Å². The zero-order valence-electron chi connectivity index (χ0n) is 19.5. The van der Waals surface area contributed by atoms with Crippen molar-refractivity contribution in [3.63, 3.8) is 0 Å². The van der Waals surface area contributed by atoms with E-state index in [-0.39, 0.29) is 12.3 Å². The third-order valence-corrected chi connectivity index (χ3v) is 6.40. The topological polar surface area (TPSA) is 96.8 Å². The van der Waals surface area contributed by atoms with Gasteiger partial charge in [-0.2, -0.15) is 0 Å². The fraction of sp³-hybridized carbons (Fsp3) is 0.560. The number of aliphatic carboxylic acids is 1. The van der Waals surface area contributed by atoms with Crippen molar-refractivity contribution in [2.75, 3.05) is 36.6 Å². The Bertz CT molecular complexity index is 927. The molecule has 8 nitrogen and oxygen atoms in total. The number of benzene rings is 1. The molecule has 1 aromatic carbocycles. The molecule has 2 aromatic rings. The predicted molar refractivity (Wildman–Crippen MR) is 128 cm³/mol. The Balaban J connectivity index is 1.58. The fourth-order valence-corrected chi connectivity index (χ4v) is 4.30. The first kappa shape index (κ1) is 23.3. The van der Waals surface area contributed by atoms with Crippen molar-refractivity contribution >= 4 is 23.0 Å². The molecule has 8 heteroatoms. The monoisotopic (exact) mass is 454 g/mol. The van der Waals surface area contributed by atoms with E-state index in [0.29, 0.717) is 24.6 Å². The zero-order valence-corrected chi connectivity index (χ0v) is 19.5. The van der Waals surface area contributed by atoms with E-state index >= 15 is 0 Å². The molecule has 1 saturated heterocycles. The van der Waals surface area contributed by atoms with Gasteiger partial charge in [0.05, 0.1) is 42.5 Å². The highest BCUT2D eigenvalue weighted by Gasteiger charge is 2.24. The summed E-state index contributed by atoms with van der Waals surface area (Å²) in [6.45, 7) is 7.19. The fourth-order valence-electron chi connectivity index (χ4n) is 4.30. The van der Waals surface area contributed by atoms with E-state index in [0.717, 1.165) is 55.2 Å². The van der Waals surface area contributed by atoms with E-state index in [1.165, 1.54) is 12.8 Å². The van der Waals surface area contributed by atoms with Gasteiger partial charge in [0, 0.05) is 25.8 Å². The van der Waals surface area contributed by atoms with E-state index in [9.17, 15) is 9.90 Å². The van der Waals surface area contributed by atoms with E-state index in [1.807, 2.05) is 13.0 Å². The molecule has 0 radical (unpaired) electrons. The summed E-state index contributed by atoms with van der Waals surface area (Å²) < 4.78 is 11.2. The minimum atomic E-state index is -0.798. The van der Waals surface area contributed by atoms with Crippen LogP contribution in [0, 0.1) is 5.92 Å². The quantitative estimate of drug-likeness (QED) is 0.509. The average molecular weight is 455 g/mol. The SMILES string of the molecule is CCN(c1ccc(C(C)CC(=O)O)cc1Nc1cnc(OCC2CC2)nc1)C1CCOCC1. The molecule has 2 fully saturated rings. The molecule has 33 heavy (non-hydrogen) atoms. The first-order chi connectivity index (χ1) is 16.0. The van der Waals surface area contributed by atoms with Gasteiger partial charge in [-0.1, -0.05) is 13.0 Å². The molecule has 0 amide bonds. The summed E-state index contributed by atoms with van der Waals surface area (Å²) in [5, 5.41) is 12.7. The van der Waals surface area contributed by atoms with Crippen molar-refractivity contribution < 1.29 is 19.4 Å². The molecule has 1 aromatic heterocycles. The Morgan fingerprint density at radius 1 is 1.24 bits per heavy atom. The van der Waals surface area contributed by atoms with E-state index in [2.05, 4.69) is 39.2 Å². The first-order valence-corrected chi connectivity index (χ1v) is 12.0. The summed E-state index contributed by atoms with van der Waals surface area (Å²) in [5.74, 6) is -0.243. The molecular weight excluding hydrogens is 420 g/mol. The number of hydrogen-bond acceptors (Lipinski definition) is 7. The van der Waals surface area contributed by atoms with Crippen molar-refractivity contribution in [3.8, 4) is 6.01 Å². The summed E-state index contributed by atoms with van der Waals surface area (Å²) in [6.07, 6.45) is 7.97. The second kappa shape index (κ2) is 10.8. The molecule has 1 aliphatic heterocycles. The van der Waals surface area contributed by atoms with Gasteiger partial charge in [-0.25, -0.2) is 9.97 Å². The van der Waals surface area contributed by atoms with E-state index < -0.39 is 5.97 Å². The zero-order chi connectivity index (χ0) is 23.2. The number of ether oxygens (including phenoxy) is 2. The summed E-state index contributed by atoms with van der Waals surface area (Å²) in [4.78, 5) is 22.4. The van der Waals surface area contributed by atoms with Gasteiger partial charge in [0.15, 0.2) is 0 Å². The normalized spacial score (nSPS) is 17.4. The Morgan fingerprint density at radius 3 is 2.61 bits per heavy atom. The van der Waals surface area contributed by atoms with Gasteiger partial charge in [0.25, 0.3) is 0 Å². The van der Waals surface area contributed by atoms with E-state index in [4.69, 9.17) is 9.47 Å². The van der Waals surface area contributed by atoms with Gasteiger partial charge in [0.2, 0.25) is 0 Å². The number of carbonyl (C=O) groups is 1. The number of aromatic nitrogens is 2. The molecule has 1 atom stereocenters. The predicted octanol–water partition coefficient (Wildman–Crippen LogP) is 4.59. The van der Waals surface area contributed by atoms with Crippen LogP contribution in [-0.2, 0) is 9.53 Å². The number of hydrogen-bond donors (Lipinski definition) is 2. The summed E-state index contributed by atoms with van der Waals surface area (Å²) in [7, 11) is 0. The minimum Gasteiger partial charge on any atom is -0.481 e. The van der Waals surface area contributed by atoms with Crippen LogP contribution < -0.4 is 15.0 Å². The van der Waals surface area contributed by atoms with Gasteiger partial charge in [-0.15, -0.1) is 0 Å². The lowest BCUT2D eigenvalue weighted by molar-refractivity contribution is -0.137. The van der Waals surface area contributed by atoms with Gasteiger partial charge in [-0.05, 0) is 62.1 Å². The van der Waals surface area contributed by atoms with Crippen molar-refractivity contribution in [2.24, 2.45) is 5.92 Å². The van der Waals surface area contributed by atoms with Crippen LogP contribution in [0.25, 0.3) is 0 Å². The van der Waals surface area contributed by atoms with Gasteiger partial charge in [0.1, 0.15) is 0 Å². The number of nitrogens with one attached hydrogen (secondary N) is 1. The second-order valence-electron chi connectivity index (χ2n) is 9.04. The second-order valence-corrected chi connectivity index (χ2v) is 9.04. The Labute approximate surface area is 195 Å². The standard InChI is InChI=1S/C25H34N4O4/c1-3-29(21-8-10-32-11-9-21)23-7-6-19(17(2)12-24(30)31)13-22(23)28-20-14-26-25(27-15-20)33-16-18-4-5-18/h6-7,13-15,17-18,21,28H,3-5,8-12,16H2,1-2H3,(H,30,31). The maximum absolute atomic E-state index is 11.3. The molecule has 0 bridgehead atoms. The van der Waals surface area contributed by atoms with Crippen LogP contribution in [0.2, 0.25) is 0 Å². The molecule has 1 saturated carbocycles. The van der Waals surface area contributed by atoms with Crippen LogP contribution in [0.3, 0.4) is 0 Å². The molecule has 1 unspecified atom stereocenters. The lowest BCUT2D eigenvalue weighted by atomic mass is 9.96. The lowest BCUT2D eigenvalue weighted by Gasteiger charge is -2.36. The highest BCUT2D eigenvalue weighted by molar-refractivity contribution is 5.76. The molecule has 2 heterocycles. The number of carboxylic acid groups (broad SMARTS) is 1. The van der Waals surface area contributed by atoms with Crippen LogP contribution in [0.4, 0.5) is 17.1 Å². The Hall–Kier alpha value is -2.87. The van der Waals surface area contributed by atoms with Crippen LogP contribution in [-0.4, -0.2) is 53.5 Å². The molecule has 0 spiro atoms. The summed E-state index contributed by atoms with van der Waals surface area (Å²) in [6, 6.07) is 7.00. The van der Waals surface area contributed by atoms with Gasteiger partial charge < -0.3 is 24.8 Å². The molecule has 4 rings (SSSR count). The first-order valence-electron chi connectivity index (χ1n) is 12.0. The number of anilines is 3. The largest absolute Gasteiger partial charge is 0.481 e. The Morgan fingerprint density at radius 2 is 1.97 bits per heavy atom. The van der Waals surface area contributed by atoms with Crippen LogP contribution in [0.1, 0.15) is 57.4 Å². The molecule has 1 aliphatic carbocycles. The van der Waals surface area contributed by atoms with Crippen LogP contribution in [0.15, 0.2) is 30.6 Å². The molecule has 2 aliphatic rings. The van der Waals surface area contributed by atoms with Crippen molar-refractivity contribution in [1.29, 1.82) is 0 Å². The summed E-state index contributed by atoms with van der Waals surface area (Å²) >= 11 is 0. The average Bonchev–Trinajstić information content (AvgIpc) is 3.65. The molecule has 2 N–H and O–H groups in total. The van der Waals surface area contributed by atoms with Crippen LogP contribution in [0.5, 0.6) is 6.01 Å². The summed E-state index contributed by atoms with van der Waals surface area (Å²) in [5.41, 5.74) is 3.76. The highest BCUT2D eigenvalue weighted by atomic mass is 16.5. The van der Waals surface area contributed by atoms with Crippen molar-refractivity contribution in [1.82, 2.24) is 9.97 Å². The minimum absolute atomic E-state index is 0.0897. The van der Waals surface area contributed by atoms with Crippen LogP contribution >= 0.6 is 0 Å². The smallest absolute Gasteiger partial charge is 0.316 e. The van der Waals surface area contributed by atoms with E-state index in [1.54, 1.807) is 12.4 Å². The number of nitrogens with zero attached hydrogens (tertiary/aromatic N) is 3. The van der Waals surface area contributed by atoms with Crippen molar-refractivity contribution in [3.05, 3.63) is 36.2 Å². The number of carboxylic acids is 1. The Kier molecular flexibility index (Phi) is 7.65. The maximum atomic E-state index is 11.3. The number of rotatable bonds is 11.